The molecule has 10 rings (SSSR count). The number of fused-ring (bicyclic) bond motifs is 5. The Kier molecular flexibility index (Phi) is 7.77. The van der Waals surface area contributed by atoms with Crippen LogP contribution in [0, 0.1) is 0 Å². The fourth-order valence-electron chi connectivity index (χ4n) is 7.42. The molecule has 0 spiro atoms. The molecule has 0 saturated carbocycles. The Bertz CT molecular complexity index is 2570. The number of benzene rings is 8. The van der Waals surface area contributed by atoms with Gasteiger partial charge in [-0.2, -0.15) is 0 Å². The van der Waals surface area contributed by atoms with E-state index in [2.05, 4.69) is 192 Å². The summed E-state index contributed by atoms with van der Waals surface area (Å²) in [6.07, 6.45) is 0. The molecular weight excluding hydrogens is 661 g/mol. The lowest BCUT2D eigenvalue weighted by atomic mass is 10.0. The number of hydrogen-bond donors (Lipinski definition) is 0. The highest BCUT2D eigenvalue weighted by Crippen LogP contribution is 2.41. The lowest BCUT2D eigenvalue weighted by Gasteiger charge is -2.25. The number of para-hydroxylation sites is 4. The summed E-state index contributed by atoms with van der Waals surface area (Å²) in [7, 11) is 0. The SMILES string of the molecule is c1ccc(N(c2ccccc2)c2ccc(-c3ccc4c(c3)oc3c5ccc(-c6ccc(N(c7ccccc7)c7ccccc7)cc6)cc5oc43)cc2)cc1. The largest absolute Gasteiger partial charge is 0.452 e. The van der Waals surface area contributed by atoms with Gasteiger partial charge in [-0.1, -0.05) is 109 Å². The van der Waals surface area contributed by atoms with E-state index >= 15 is 0 Å². The smallest absolute Gasteiger partial charge is 0.181 e. The minimum Gasteiger partial charge on any atom is -0.452 e. The van der Waals surface area contributed by atoms with Crippen LogP contribution in [0.4, 0.5) is 34.1 Å². The molecule has 0 N–H and O–H groups in total. The molecule has 10 aromatic rings. The molecule has 0 fully saturated rings. The van der Waals surface area contributed by atoms with Crippen LogP contribution < -0.4 is 9.80 Å². The van der Waals surface area contributed by atoms with Crippen molar-refractivity contribution in [3.05, 3.63) is 206 Å². The highest BCUT2D eigenvalue weighted by Gasteiger charge is 2.18. The van der Waals surface area contributed by atoms with Crippen molar-refractivity contribution >= 4 is 67.2 Å². The predicted octanol–water partition coefficient (Wildman–Crippen LogP) is 14.6. The molecule has 0 aliphatic heterocycles. The van der Waals surface area contributed by atoms with E-state index in [0.29, 0.717) is 0 Å². The molecule has 2 heterocycles. The quantitative estimate of drug-likeness (QED) is 0.158. The van der Waals surface area contributed by atoms with Gasteiger partial charge in [0, 0.05) is 34.1 Å². The van der Waals surface area contributed by atoms with Crippen molar-refractivity contribution in [2.45, 2.75) is 0 Å². The van der Waals surface area contributed by atoms with E-state index in [1.54, 1.807) is 0 Å². The third-order valence-corrected chi connectivity index (χ3v) is 10.1. The lowest BCUT2D eigenvalue weighted by molar-refractivity contribution is 0.653. The Balaban J connectivity index is 0.939. The molecular formula is C50H34N2O2. The van der Waals surface area contributed by atoms with E-state index in [1.165, 1.54) is 0 Å². The average molecular weight is 695 g/mol. The molecule has 8 aromatic carbocycles. The molecule has 0 radical (unpaired) electrons. The fourth-order valence-corrected chi connectivity index (χ4v) is 7.42. The second kappa shape index (κ2) is 13.4. The Morgan fingerprint density at radius 2 is 0.537 bits per heavy atom. The second-order valence-corrected chi connectivity index (χ2v) is 13.4. The minimum absolute atomic E-state index is 0.775. The van der Waals surface area contributed by atoms with E-state index in [9.17, 15) is 0 Å². The number of furan rings is 2. The van der Waals surface area contributed by atoms with E-state index in [-0.39, 0.29) is 0 Å². The molecule has 0 bridgehead atoms. The number of nitrogens with zero attached hydrogens (tertiary/aromatic N) is 2. The van der Waals surface area contributed by atoms with Crippen LogP contribution in [0.1, 0.15) is 0 Å². The molecule has 0 unspecified atom stereocenters. The van der Waals surface area contributed by atoms with E-state index in [0.717, 1.165) is 89.5 Å². The normalized spacial score (nSPS) is 11.3. The molecule has 0 aliphatic carbocycles. The van der Waals surface area contributed by atoms with Crippen LogP contribution in [0.15, 0.2) is 215 Å². The highest BCUT2D eigenvalue weighted by atomic mass is 16.4. The van der Waals surface area contributed by atoms with Crippen LogP contribution in [0.2, 0.25) is 0 Å². The van der Waals surface area contributed by atoms with Gasteiger partial charge in [0.15, 0.2) is 11.2 Å². The van der Waals surface area contributed by atoms with Crippen molar-refractivity contribution in [2.75, 3.05) is 9.80 Å². The molecule has 4 heteroatoms. The van der Waals surface area contributed by atoms with E-state index < -0.39 is 0 Å². The first-order valence-electron chi connectivity index (χ1n) is 18.2. The van der Waals surface area contributed by atoms with Crippen molar-refractivity contribution < 1.29 is 8.83 Å². The van der Waals surface area contributed by atoms with Crippen LogP contribution in [0.25, 0.3) is 55.4 Å². The lowest BCUT2D eigenvalue weighted by Crippen LogP contribution is -2.09. The van der Waals surface area contributed by atoms with Crippen molar-refractivity contribution in [1.29, 1.82) is 0 Å². The van der Waals surface area contributed by atoms with Crippen LogP contribution in [0.5, 0.6) is 0 Å². The summed E-state index contributed by atoms with van der Waals surface area (Å²) in [6, 6.07) is 72.0. The van der Waals surface area contributed by atoms with Crippen molar-refractivity contribution in [2.24, 2.45) is 0 Å². The number of anilines is 6. The van der Waals surface area contributed by atoms with Crippen LogP contribution in [0.3, 0.4) is 0 Å². The molecule has 0 atom stereocenters. The topological polar surface area (TPSA) is 32.8 Å². The monoisotopic (exact) mass is 694 g/mol. The van der Waals surface area contributed by atoms with Crippen molar-refractivity contribution in [3.8, 4) is 22.3 Å². The van der Waals surface area contributed by atoms with Gasteiger partial charge in [-0.05, 0) is 119 Å². The molecule has 0 saturated heterocycles. The summed E-state index contributed by atoms with van der Waals surface area (Å²) in [5, 5.41) is 1.93. The number of rotatable bonds is 8. The van der Waals surface area contributed by atoms with Gasteiger partial charge < -0.3 is 18.6 Å². The maximum atomic E-state index is 6.51. The predicted molar refractivity (Wildman–Crippen MR) is 224 cm³/mol. The summed E-state index contributed by atoms with van der Waals surface area (Å²) in [5.41, 5.74) is 14.2. The van der Waals surface area contributed by atoms with Gasteiger partial charge in [0.25, 0.3) is 0 Å². The van der Waals surface area contributed by atoms with Gasteiger partial charge >= 0.3 is 0 Å². The Labute approximate surface area is 313 Å². The van der Waals surface area contributed by atoms with Crippen molar-refractivity contribution in [1.82, 2.24) is 0 Å². The Morgan fingerprint density at radius 1 is 0.259 bits per heavy atom. The van der Waals surface area contributed by atoms with Gasteiger partial charge in [0.05, 0.1) is 10.8 Å². The van der Waals surface area contributed by atoms with Crippen LogP contribution in [-0.2, 0) is 0 Å². The van der Waals surface area contributed by atoms with Gasteiger partial charge in [0.2, 0.25) is 0 Å². The molecule has 4 nitrogen and oxygen atoms in total. The average Bonchev–Trinajstić information content (AvgIpc) is 3.78. The Hall–Kier alpha value is -7.30. The summed E-state index contributed by atoms with van der Waals surface area (Å²) in [4.78, 5) is 4.54. The first-order chi connectivity index (χ1) is 26.8. The van der Waals surface area contributed by atoms with Crippen LogP contribution in [-0.4, -0.2) is 0 Å². The zero-order chi connectivity index (χ0) is 35.8. The Morgan fingerprint density at radius 3 is 0.852 bits per heavy atom. The second-order valence-electron chi connectivity index (χ2n) is 13.4. The van der Waals surface area contributed by atoms with E-state index in [1.807, 2.05) is 24.3 Å². The highest BCUT2D eigenvalue weighted by molar-refractivity contribution is 6.13. The van der Waals surface area contributed by atoms with Gasteiger partial charge in [-0.25, -0.2) is 0 Å². The maximum absolute atomic E-state index is 6.51. The minimum atomic E-state index is 0.775. The third-order valence-electron chi connectivity index (χ3n) is 10.1. The zero-order valence-corrected chi connectivity index (χ0v) is 29.3. The maximum Gasteiger partial charge on any atom is 0.181 e. The van der Waals surface area contributed by atoms with E-state index in [4.69, 9.17) is 8.83 Å². The summed E-state index contributed by atoms with van der Waals surface area (Å²) >= 11 is 0. The zero-order valence-electron chi connectivity index (χ0n) is 29.3. The third kappa shape index (κ3) is 5.67. The fraction of sp³-hybridized carbons (Fsp3) is 0. The molecule has 256 valence electrons. The summed E-state index contributed by atoms with van der Waals surface area (Å²) < 4.78 is 13.0. The van der Waals surface area contributed by atoms with Crippen molar-refractivity contribution in [3.63, 3.8) is 0 Å². The first kappa shape index (κ1) is 31.4. The summed E-state index contributed by atoms with van der Waals surface area (Å²) in [5.74, 6) is 0. The standard InChI is InChI=1S/C50H34N2O2/c1-5-13-39(14-6-1)51(40-15-7-2-8-16-40)43-27-21-35(22-28-43)37-25-31-45-47(33-37)53-50-46-32-26-38(34-48(46)54-49(45)50)36-23-29-44(30-24-36)52(41-17-9-3-10-18-41)42-19-11-4-12-20-42/h1-34H. The molecule has 2 aromatic heterocycles. The van der Waals surface area contributed by atoms with Gasteiger partial charge in [0.1, 0.15) is 11.2 Å². The van der Waals surface area contributed by atoms with Crippen LogP contribution >= 0.6 is 0 Å². The molecule has 54 heavy (non-hydrogen) atoms. The summed E-state index contributed by atoms with van der Waals surface area (Å²) in [6.45, 7) is 0. The molecule has 0 amide bonds. The van der Waals surface area contributed by atoms with Gasteiger partial charge in [-0.15, -0.1) is 0 Å². The van der Waals surface area contributed by atoms with Gasteiger partial charge in [-0.3, -0.25) is 0 Å². The number of hydrogen-bond acceptors (Lipinski definition) is 4. The first-order valence-corrected chi connectivity index (χ1v) is 18.2. The molecule has 0 aliphatic rings.